The molecule has 4 rings (SSSR count). The predicted molar refractivity (Wildman–Crippen MR) is 111 cm³/mol. The van der Waals surface area contributed by atoms with Crippen molar-refractivity contribution in [1.82, 2.24) is 9.97 Å². The number of benzene rings is 1. The second-order valence-corrected chi connectivity index (χ2v) is 7.12. The van der Waals surface area contributed by atoms with E-state index in [1.807, 2.05) is 17.5 Å². The van der Waals surface area contributed by atoms with Crippen molar-refractivity contribution in [2.75, 3.05) is 14.2 Å². The number of aromatic nitrogens is 2. The summed E-state index contributed by atoms with van der Waals surface area (Å²) in [4.78, 5) is 20.5. The first kappa shape index (κ1) is 18.3. The van der Waals surface area contributed by atoms with Gasteiger partial charge >= 0.3 is 0 Å². The van der Waals surface area contributed by atoms with Crippen LogP contribution in [0.2, 0.25) is 0 Å². The van der Waals surface area contributed by atoms with Gasteiger partial charge in [0.25, 0.3) is 5.56 Å². The van der Waals surface area contributed by atoms with Gasteiger partial charge in [-0.2, -0.15) is 0 Å². The summed E-state index contributed by atoms with van der Waals surface area (Å²) in [7, 11) is 3.15. The van der Waals surface area contributed by atoms with Crippen LogP contribution in [0, 0.1) is 0 Å². The standard InChI is InChI=1S/C20H15ClN2O4S/c1-25-12-6-11(7-13(9-12)26-2)8-15(21)18-22-19(24)17-14(10-28-20(17)23-18)16-4-3-5-27-16/h3-10H,1-2H3,(H,22,23,24)/b15-8-. The van der Waals surface area contributed by atoms with E-state index in [-0.39, 0.29) is 11.4 Å². The van der Waals surface area contributed by atoms with Crippen LogP contribution in [0.1, 0.15) is 11.4 Å². The lowest BCUT2D eigenvalue weighted by atomic mass is 10.1. The summed E-state index contributed by atoms with van der Waals surface area (Å²) >= 11 is 7.80. The summed E-state index contributed by atoms with van der Waals surface area (Å²) in [6, 6.07) is 8.96. The summed E-state index contributed by atoms with van der Waals surface area (Å²) in [5, 5.41) is 2.62. The molecule has 6 nitrogen and oxygen atoms in total. The summed E-state index contributed by atoms with van der Waals surface area (Å²) in [6.07, 6.45) is 3.26. The van der Waals surface area contributed by atoms with Crippen molar-refractivity contribution in [2.24, 2.45) is 0 Å². The molecule has 0 amide bonds. The van der Waals surface area contributed by atoms with Gasteiger partial charge in [0.05, 0.1) is 30.9 Å². The fourth-order valence-electron chi connectivity index (χ4n) is 2.80. The Morgan fingerprint density at radius 1 is 1.25 bits per heavy atom. The number of H-pyrrole nitrogens is 1. The average Bonchev–Trinajstić information content (AvgIpc) is 3.37. The Labute approximate surface area is 169 Å². The maximum absolute atomic E-state index is 12.7. The molecule has 0 unspecified atom stereocenters. The Morgan fingerprint density at radius 3 is 2.64 bits per heavy atom. The summed E-state index contributed by atoms with van der Waals surface area (Å²) < 4.78 is 15.9. The van der Waals surface area contributed by atoms with Gasteiger partial charge in [-0.1, -0.05) is 11.6 Å². The number of rotatable bonds is 5. The molecule has 0 aliphatic carbocycles. The van der Waals surface area contributed by atoms with Crippen LogP contribution in [0.4, 0.5) is 0 Å². The highest BCUT2D eigenvalue weighted by molar-refractivity contribution is 7.17. The van der Waals surface area contributed by atoms with Crippen molar-refractivity contribution >= 4 is 44.3 Å². The number of aromatic amines is 1. The van der Waals surface area contributed by atoms with E-state index in [1.54, 1.807) is 44.8 Å². The maximum atomic E-state index is 12.7. The van der Waals surface area contributed by atoms with E-state index in [0.717, 1.165) is 5.56 Å². The number of fused-ring (bicyclic) bond motifs is 1. The van der Waals surface area contributed by atoms with E-state index in [9.17, 15) is 4.79 Å². The molecule has 1 aromatic carbocycles. The van der Waals surface area contributed by atoms with Crippen molar-refractivity contribution < 1.29 is 13.9 Å². The summed E-state index contributed by atoms with van der Waals surface area (Å²) in [5.74, 6) is 2.17. The minimum absolute atomic E-state index is 0.276. The smallest absolute Gasteiger partial charge is 0.260 e. The zero-order valence-corrected chi connectivity index (χ0v) is 16.6. The van der Waals surface area contributed by atoms with E-state index in [2.05, 4.69) is 9.97 Å². The first-order valence-electron chi connectivity index (χ1n) is 8.25. The third-order valence-corrected chi connectivity index (χ3v) is 5.28. The number of methoxy groups -OCH3 is 2. The molecule has 0 aliphatic rings. The number of nitrogens with one attached hydrogen (secondary N) is 1. The lowest BCUT2D eigenvalue weighted by molar-refractivity contribution is 0.394. The van der Waals surface area contributed by atoms with E-state index < -0.39 is 0 Å². The number of thiophene rings is 1. The van der Waals surface area contributed by atoms with Gasteiger partial charge in [0.1, 0.15) is 22.1 Å². The third kappa shape index (κ3) is 3.42. The summed E-state index contributed by atoms with van der Waals surface area (Å²) in [6.45, 7) is 0. The van der Waals surface area contributed by atoms with Crippen molar-refractivity contribution in [3.8, 4) is 22.8 Å². The second-order valence-electron chi connectivity index (χ2n) is 5.86. The molecular formula is C20H15ClN2O4S. The monoisotopic (exact) mass is 414 g/mol. The Balaban J connectivity index is 1.77. The molecule has 0 fully saturated rings. The Morgan fingerprint density at radius 2 is 2.00 bits per heavy atom. The molecule has 28 heavy (non-hydrogen) atoms. The van der Waals surface area contributed by atoms with Crippen LogP contribution >= 0.6 is 22.9 Å². The molecule has 8 heteroatoms. The largest absolute Gasteiger partial charge is 0.497 e. The van der Waals surface area contributed by atoms with Gasteiger partial charge < -0.3 is 18.9 Å². The van der Waals surface area contributed by atoms with E-state index >= 15 is 0 Å². The van der Waals surface area contributed by atoms with Crippen LogP contribution in [-0.2, 0) is 0 Å². The quantitative estimate of drug-likeness (QED) is 0.497. The zero-order chi connectivity index (χ0) is 19.7. The number of halogens is 1. The van der Waals surface area contributed by atoms with Gasteiger partial charge in [-0.3, -0.25) is 4.79 Å². The van der Waals surface area contributed by atoms with Crippen LogP contribution in [-0.4, -0.2) is 24.2 Å². The molecule has 0 saturated heterocycles. The fourth-order valence-corrected chi connectivity index (χ4v) is 3.95. The normalized spacial score (nSPS) is 11.8. The van der Waals surface area contributed by atoms with Gasteiger partial charge in [-0.05, 0) is 35.9 Å². The van der Waals surface area contributed by atoms with E-state index in [0.29, 0.717) is 38.1 Å². The number of hydrogen-bond acceptors (Lipinski definition) is 6. The first-order chi connectivity index (χ1) is 13.6. The zero-order valence-electron chi connectivity index (χ0n) is 15.0. The molecule has 3 heterocycles. The van der Waals surface area contributed by atoms with Crippen molar-refractivity contribution in [1.29, 1.82) is 0 Å². The summed E-state index contributed by atoms with van der Waals surface area (Å²) in [5.41, 5.74) is 1.19. The SMILES string of the molecule is COc1cc(/C=C(\Cl)c2nc3scc(-c4ccco4)c3c(=O)[nH]2)cc(OC)c1. The molecule has 142 valence electrons. The van der Waals surface area contributed by atoms with E-state index in [4.69, 9.17) is 25.5 Å². The molecule has 0 spiro atoms. The molecule has 0 saturated carbocycles. The number of nitrogens with zero attached hydrogens (tertiary/aromatic N) is 1. The van der Waals surface area contributed by atoms with Crippen molar-refractivity contribution in [3.05, 3.63) is 63.7 Å². The van der Waals surface area contributed by atoms with Crippen LogP contribution in [0.5, 0.6) is 11.5 Å². The molecule has 0 radical (unpaired) electrons. The Kier molecular flexibility index (Phi) is 4.93. The van der Waals surface area contributed by atoms with Crippen LogP contribution < -0.4 is 15.0 Å². The molecular weight excluding hydrogens is 400 g/mol. The predicted octanol–water partition coefficient (Wildman–Crippen LogP) is 5.00. The second kappa shape index (κ2) is 7.53. The van der Waals surface area contributed by atoms with Gasteiger partial charge in [0.2, 0.25) is 0 Å². The Hall–Kier alpha value is -3.03. The number of hydrogen-bond donors (Lipinski definition) is 1. The highest BCUT2D eigenvalue weighted by Gasteiger charge is 2.15. The van der Waals surface area contributed by atoms with Gasteiger partial charge in [-0.15, -0.1) is 11.3 Å². The lowest BCUT2D eigenvalue weighted by Gasteiger charge is -2.06. The van der Waals surface area contributed by atoms with E-state index in [1.165, 1.54) is 11.3 Å². The number of furan rings is 1. The maximum Gasteiger partial charge on any atom is 0.260 e. The first-order valence-corrected chi connectivity index (χ1v) is 9.51. The highest BCUT2D eigenvalue weighted by atomic mass is 35.5. The molecule has 0 atom stereocenters. The fraction of sp³-hybridized carbons (Fsp3) is 0.100. The lowest BCUT2D eigenvalue weighted by Crippen LogP contribution is -2.10. The molecule has 4 aromatic rings. The van der Waals surface area contributed by atoms with Crippen molar-refractivity contribution in [3.63, 3.8) is 0 Å². The minimum atomic E-state index is -0.276. The van der Waals surface area contributed by atoms with Crippen molar-refractivity contribution in [2.45, 2.75) is 0 Å². The van der Waals surface area contributed by atoms with Crippen LogP contribution in [0.15, 0.2) is 51.2 Å². The molecule has 0 aliphatic heterocycles. The average molecular weight is 415 g/mol. The molecule has 1 N–H and O–H groups in total. The Bertz CT molecular complexity index is 1200. The number of ether oxygens (including phenoxy) is 2. The highest BCUT2D eigenvalue weighted by Crippen LogP contribution is 2.32. The van der Waals surface area contributed by atoms with Gasteiger partial charge in [-0.25, -0.2) is 4.98 Å². The minimum Gasteiger partial charge on any atom is -0.497 e. The van der Waals surface area contributed by atoms with Gasteiger partial charge in [0.15, 0.2) is 5.82 Å². The van der Waals surface area contributed by atoms with Crippen LogP contribution in [0.3, 0.4) is 0 Å². The molecule has 3 aromatic heterocycles. The topological polar surface area (TPSA) is 77.4 Å². The third-order valence-electron chi connectivity index (χ3n) is 4.12. The molecule has 0 bridgehead atoms. The van der Waals surface area contributed by atoms with Crippen LogP contribution in [0.25, 0.3) is 32.6 Å². The van der Waals surface area contributed by atoms with Gasteiger partial charge in [0, 0.05) is 17.0 Å².